The molecule has 2 aromatic rings. The molecular weight excluding hydrogens is 326 g/mol. The Labute approximate surface area is 145 Å². The quantitative estimate of drug-likeness (QED) is 0.784. The first-order chi connectivity index (χ1) is 12.1. The third-order valence-corrected chi connectivity index (χ3v) is 4.24. The molecule has 3 rings (SSSR count). The van der Waals surface area contributed by atoms with E-state index < -0.39 is 11.7 Å². The summed E-state index contributed by atoms with van der Waals surface area (Å²) in [7, 11) is 1.52. The number of morpholine rings is 1. The summed E-state index contributed by atoms with van der Waals surface area (Å²) in [5.41, 5.74) is 0.845. The first kappa shape index (κ1) is 17.7. The predicted molar refractivity (Wildman–Crippen MR) is 92.5 cm³/mol. The van der Waals surface area contributed by atoms with Crippen molar-refractivity contribution in [2.75, 3.05) is 46.6 Å². The predicted octanol–water partition coefficient (Wildman–Crippen LogP) is 1.18. The summed E-state index contributed by atoms with van der Waals surface area (Å²) in [5.74, 6) is 0.966. The fourth-order valence-electron chi connectivity index (χ4n) is 2.92. The maximum Gasteiger partial charge on any atom is 0.336 e. The van der Waals surface area contributed by atoms with Gasteiger partial charge in [0.05, 0.1) is 20.3 Å². The van der Waals surface area contributed by atoms with E-state index in [0.717, 1.165) is 24.0 Å². The molecule has 1 saturated heterocycles. The second-order valence-electron chi connectivity index (χ2n) is 6.13. The third-order valence-electron chi connectivity index (χ3n) is 4.24. The number of nitrogens with zero attached hydrogens (tertiary/aromatic N) is 1. The average Bonchev–Trinajstić information content (AvgIpc) is 2.60. The highest BCUT2D eigenvalue weighted by atomic mass is 16.5. The SMILES string of the molecule is COc1cc2oc(=O)cc(C)c2cc1OCC(O)CN1CCOCC1. The first-order valence-corrected chi connectivity index (χ1v) is 8.30. The molecule has 1 aromatic heterocycles. The Morgan fingerprint density at radius 1 is 1.24 bits per heavy atom. The maximum absolute atomic E-state index is 11.5. The second kappa shape index (κ2) is 7.86. The van der Waals surface area contributed by atoms with Crippen LogP contribution >= 0.6 is 0 Å². The third kappa shape index (κ3) is 4.31. The highest BCUT2D eigenvalue weighted by Crippen LogP contribution is 2.33. The number of benzene rings is 1. The average molecular weight is 349 g/mol. The summed E-state index contributed by atoms with van der Waals surface area (Å²) < 4.78 is 21.6. The lowest BCUT2D eigenvalue weighted by molar-refractivity contribution is 0.00446. The molecule has 0 radical (unpaired) electrons. The van der Waals surface area contributed by atoms with E-state index in [-0.39, 0.29) is 6.61 Å². The van der Waals surface area contributed by atoms with Crippen LogP contribution < -0.4 is 15.1 Å². The number of rotatable bonds is 6. The van der Waals surface area contributed by atoms with Crippen molar-refractivity contribution in [3.05, 3.63) is 34.2 Å². The van der Waals surface area contributed by atoms with Gasteiger partial charge in [-0.1, -0.05) is 0 Å². The van der Waals surface area contributed by atoms with Crippen LogP contribution in [0.25, 0.3) is 11.0 Å². The first-order valence-electron chi connectivity index (χ1n) is 8.30. The van der Waals surface area contributed by atoms with Crippen molar-refractivity contribution in [1.29, 1.82) is 0 Å². The van der Waals surface area contributed by atoms with Crippen LogP contribution in [0.4, 0.5) is 0 Å². The zero-order valence-electron chi connectivity index (χ0n) is 14.5. The van der Waals surface area contributed by atoms with E-state index in [9.17, 15) is 9.90 Å². The highest BCUT2D eigenvalue weighted by molar-refractivity contribution is 5.83. The molecule has 1 unspecified atom stereocenters. The van der Waals surface area contributed by atoms with Crippen LogP contribution in [0.5, 0.6) is 11.5 Å². The minimum atomic E-state index is -0.617. The molecule has 7 heteroatoms. The Kier molecular flexibility index (Phi) is 5.57. The van der Waals surface area contributed by atoms with Crippen molar-refractivity contribution in [3.63, 3.8) is 0 Å². The lowest BCUT2D eigenvalue weighted by atomic mass is 10.1. The lowest BCUT2D eigenvalue weighted by Crippen LogP contribution is -2.42. The Hall–Kier alpha value is -2.09. The number of aliphatic hydroxyl groups excluding tert-OH is 1. The molecule has 0 bridgehead atoms. The minimum absolute atomic E-state index is 0.148. The molecule has 2 heterocycles. The highest BCUT2D eigenvalue weighted by Gasteiger charge is 2.17. The zero-order chi connectivity index (χ0) is 17.8. The number of hydrogen-bond donors (Lipinski definition) is 1. The summed E-state index contributed by atoms with van der Waals surface area (Å²) in [4.78, 5) is 13.7. The molecule has 1 atom stereocenters. The van der Waals surface area contributed by atoms with Crippen molar-refractivity contribution in [1.82, 2.24) is 4.90 Å². The molecule has 0 amide bonds. The molecule has 0 saturated carbocycles. The number of aryl methyl sites for hydroxylation is 1. The minimum Gasteiger partial charge on any atom is -0.493 e. The summed E-state index contributed by atoms with van der Waals surface area (Å²) in [6, 6.07) is 4.84. The largest absolute Gasteiger partial charge is 0.493 e. The number of methoxy groups -OCH3 is 1. The van der Waals surface area contributed by atoms with Gasteiger partial charge in [-0.2, -0.15) is 0 Å². The van der Waals surface area contributed by atoms with Crippen molar-refractivity contribution < 1.29 is 23.7 Å². The van der Waals surface area contributed by atoms with Gasteiger partial charge < -0.3 is 23.7 Å². The summed E-state index contributed by atoms with van der Waals surface area (Å²) in [6.07, 6.45) is -0.617. The molecule has 7 nitrogen and oxygen atoms in total. The van der Waals surface area contributed by atoms with Crippen LogP contribution in [-0.2, 0) is 4.74 Å². The molecule has 136 valence electrons. The van der Waals surface area contributed by atoms with Gasteiger partial charge in [0, 0.05) is 37.2 Å². The summed E-state index contributed by atoms with van der Waals surface area (Å²) >= 11 is 0. The van der Waals surface area contributed by atoms with Crippen LogP contribution in [0.3, 0.4) is 0 Å². The van der Waals surface area contributed by atoms with Gasteiger partial charge in [0.1, 0.15) is 18.3 Å². The smallest absolute Gasteiger partial charge is 0.336 e. The van der Waals surface area contributed by atoms with Crippen LogP contribution in [-0.4, -0.2) is 62.7 Å². The van der Waals surface area contributed by atoms with Gasteiger partial charge in [-0.25, -0.2) is 4.79 Å². The van der Waals surface area contributed by atoms with Gasteiger partial charge in [0.2, 0.25) is 0 Å². The fourth-order valence-corrected chi connectivity index (χ4v) is 2.92. The molecule has 1 N–H and O–H groups in total. The molecule has 1 aliphatic rings. The van der Waals surface area contributed by atoms with Crippen LogP contribution in [0.2, 0.25) is 0 Å². The second-order valence-corrected chi connectivity index (χ2v) is 6.13. The number of ether oxygens (including phenoxy) is 3. The molecule has 1 aliphatic heterocycles. The lowest BCUT2D eigenvalue weighted by Gasteiger charge is -2.28. The fraction of sp³-hybridized carbons (Fsp3) is 0.500. The summed E-state index contributed by atoms with van der Waals surface area (Å²) in [6.45, 7) is 5.53. The number of aliphatic hydroxyl groups is 1. The molecule has 25 heavy (non-hydrogen) atoms. The molecule has 1 aromatic carbocycles. The van der Waals surface area contributed by atoms with Gasteiger partial charge in [-0.3, -0.25) is 4.90 Å². The monoisotopic (exact) mass is 349 g/mol. The van der Waals surface area contributed by atoms with Gasteiger partial charge in [0.25, 0.3) is 0 Å². The number of β-amino-alcohol motifs (C(OH)–C–C–N with tert-alkyl or cyclic N) is 1. The van der Waals surface area contributed by atoms with E-state index in [1.807, 2.05) is 6.92 Å². The van der Waals surface area contributed by atoms with E-state index in [1.165, 1.54) is 13.2 Å². The Morgan fingerprint density at radius 2 is 2.00 bits per heavy atom. The van der Waals surface area contributed by atoms with Gasteiger partial charge in [0.15, 0.2) is 11.5 Å². The van der Waals surface area contributed by atoms with E-state index in [1.54, 1.807) is 12.1 Å². The number of fused-ring (bicyclic) bond motifs is 1. The normalized spacial score (nSPS) is 16.8. The Bertz CT molecular complexity index is 781. The van der Waals surface area contributed by atoms with Gasteiger partial charge in [-0.15, -0.1) is 0 Å². The van der Waals surface area contributed by atoms with Crippen LogP contribution in [0, 0.1) is 6.92 Å². The van der Waals surface area contributed by atoms with E-state index in [4.69, 9.17) is 18.6 Å². The maximum atomic E-state index is 11.5. The van der Waals surface area contributed by atoms with Crippen molar-refractivity contribution in [3.8, 4) is 11.5 Å². The Morgan fingerprint density at radius 3 is 2.72 bits per heavy atom. The standard InChI is InChI=1S/C18H23NO6/c1-12-7-18(21)25-15-9-16(22-2)17(8-14(12)15)24-11-13(20)10-19-3-5-23-6-4-19/h7-9,13,20H,3-6,10-11H2,1-2H3. The molecule has 0 aliphatic carbocycles. The van der Waals surface area contributed by atoms with Crippen molar-refractivity contribution in [2.24, 2.45) is 0 Å². The zero-order valence-corrected chi connectivity index (χ0v) is 14.5. The van der Waals surface area contributed by atoms with Crippen molar-refractivity contribution in [2.45, 2.75) is 13.0 Å². The van der Waals surface area contributed by atoms with E-state index in [0.29, 0.717) is 36.8 Å². The van der Waals surface area contributed by atoms with E-state index >= 15 is 0 Å². The van der Waals surface area contributed by atoms with Gasteiger partial charge in [-0.05, 0) is 18.6 Å². The van der Waals surface area contributed by atoms with Crippen molar-refractivity contribution >= 4 is 11.0 Å². The topological polar surface area (TPSA) is 81.4 Å². The van der Waals surface area contributed by atoms with Gasteiger partial charge >= 0.3 is 5.63 Å². The Balaban J connectivity index is 1.72. The molecular formula is C18H23NO6. The van der Waals surface area contributed by atoms with Crippen LogP contribution in [0.15, 0.2) is 27.4 Å². The molecule has 1 fully saturated rings. The van der Waals surface area contributed by atoms with E-state index in [2.05, 4.69) is 4.90 Å². The van der Waals surface area contributed by atoms with Crippen LogP contribution in [0.1, 0.15) is 5.56 Å². The number of hydrogen-bond acceptors (Lipinski definition) is 7. The summed E-state index contributed by atoms with van der Waals surface area (Å²) in [5, 5.41) is 11.0. The molecule has 0 spiro atoms.